The summed E-state index contributed by atoms with van der Waals surface area (Å²) in [5.74, 6) is 1.48. The lowest BCUT2D eigenvalue weighted by atomic mass is 9.93. The van der Waals surface area contributed by atoms with E-state index >= 15 is 0 Å². The van der Waals surface area contributed by atoms with Crippen LogP contribution in [0.4, 0.5) is 5.13 Å². The van der Waals surface area contributed by atoms with Crippen LogP contribution in [0, 0.1) is 6.92 Å². The van der Waals surface area contributed by atoms with Gasteiger partial charge in [-0.3, -0.25) is 5.10 Å². The Kier molecular flexibility index (Phi) is 3.99. The molecule has 0 saturated heterocycles. The van der Waals surface area contributed by atoms with Gasteiger partial charge in [0.2, 0.25) is 10.1 Å². The summed E-state index contributed by atoms with van der Waals surface area (Å²) in [4.78, 5) is 10.1. The first kappa shape index (κ1) is 16.7. The van der Waals surface area contributed by atoms with Crippen LogP contribution in [0.2, 0.25) is 0 Å². The molecular weight excluding hydrogens is 346 g/mol. The number of imidazole rings is 1. The lowest BCUT2D eigenvalue weighted by molar-refractivity contribution is 0.572. The number of hydrogen-bond donors (Lipinski definition) is 2. The number of aryl methyl sites for hydroxylation is 1. The van der Waals surface area contributed by atoms with Crippen LogP contribution in [-0.2, 0) is 5.41 Å². The molecule has 2 N–H and O–H groups in total. The van der Waals surface area contributed by atoms with E-state index in [0.29, 0.717) is 5.82 Å². The maximum absolute atomic E-state index is 4.70. The van der Waals surface area contributed by atoms with Crippen molar-refractivity contribution < 1.29 is 0 Å². The zero-order valence-corrected chi connectivity index (χ0v) is 16.0. The van der Waals surface area contributed by atoms with Gasteiger partial charge in [0.25, 0.3) is 0 Å². The third kappa shape index (κ3) is 3.20. The lowest BCUT2D eigenvalue weighted by Crippen LogP contribution is -2.14. The molecule has 0 aliphatic carbocycles. The van der Waals surface area contributed by atoms with Crippen LogP contribution in [0.25, 0.3) is 4.96 Å². The largest absolute Gasteiger partial charge is 0.346 e. The summed E-state index contributed by atoms with van der Waals surface area (Å²) in [5.41, 5.74) is 2.12. The molecule has 4 rings (SSSR count). The number of nitrogens with one attached hydrogen (secondary N) is 2. The molecule has 7 nitrogen and oxygen atoms in total. The van der Waals surface area contributed by atoms with Gasteiger partial charge < -0.3 is 5.32 Å². The van der Waals surface area contributed by atoms with Crippen LogP contribution < -0.4 is 5.32 Å². The number of fused-ring (bicyclic) bond motifs is 1. The Balaban J connectivity index is 1.67. The second kappa shape index (κ2) is 6.21. The van der Waals surface area contributed by atoms with Crippen LogP contribution >= 0.6 is 11.3 Å². The molecule has 0 aliphatic heterocycles. The van der Waals surface area contributed by atoms with Crippen molar-refractivity contribution in [3.8, 4) is 0 Å². The van der Waals surface area contributed by atoms with Gasteiger partial charge in [-0.2, -0.15) is 5.10 Å². The number of H-pyrrole nitrogens is 1. The Morgan fingerprint density at radius 3 is 2.54 bits per heavy atom. The van der Waals surface area contributed by atoms with Gasteiger partial charge in [0, 0.05) is 5.41 Å². The molecule has 0 radical (unpaired) electrons. The molecule has 26 heavy (non-hydrogen) atoms. The zero-order chi connectivity index (χ0) is 18.3. The highest BCUT2D eigenvalue weighted by Crippen LogP contribution is 2.29. The Morgan fingerprint density at radius 1 is 1.15 bits per heavy atom. The molecule has 8 heteroatoms. The molecule has 3 heterocycles. The molecule has 4 aromatic rings. The number of rotatable bonds is 4. The van der Waals surface area contributed by atoms with E-state index in [4.69, 9.17) is 4.98 Å². The molecule has 0 fully saturated rings. The zero-order valence-electron chi connectivity index (χ0n) is 15.2. The highest BCUT2D eigenvalue weighted by atomic mass is 32.1. The molecule has 0 spiro atoms. The van der Waals surface area contributed by atoms with E-state index in [9.17, 15) is 0 Å². The monoisotopic (exact) mass is 367 g/mol. The molecule has 1 atom stereocenters. The minimum atomic E-state index is -0.181. The number of nitrogens with zero attached hydrogens (tertiary/aromatic N) is 5. The molecular formula is C18H21N7S. The summed E-state index contributed by atoms with van der Waals surface area (Å²) in [5, 5.41) is 16.1. The van der Waals surface area contributed by atoms with Gasteiger partial charge >= 0.3 is 0 Å². The SMILES string of the molecule is Cc1nc(C(Nc2nn3cc(C(C)(C)C)nc3s2)c2ccccc2)n[nH]1. The van der Waals surface area contributed by atoms with Crippen molar-refractivity contribution in [2.24, 2.45) is 0 Å². The number of hydrogen-bond acceptors (Lipinski definition) is 6. The molecule has 134 valence electrons. The van der Waals surface area contributed by atoms with Crippen molar-refractivity contribution in [3.05, 3.63) is 59.4 Å². The Labute approximate surface area is 155 Å². The smallest absolute Gasteiger partial charge is 0.214 e. The molecule has 0 bridgehead atoms. The van der Waals surface area contributed by atoms with E-state index in [0.717, 1.165) is 27.2 Å². The van der Waals surface area contributed by atoms with Crippen molar-refractivity contribution >= 4 is 21.4 Å². The topological polar surface area (TPSA) is 83.8 Å². The van der Waals surface area contributed by atoms with Crippen molar-refractivity contribution in [1.82, 2.24) is 29.8 Å². The summed E-state index contributed by atoms with van der Waals surface area (Å²) < 4.78 is 1.83. The maximum atomic E-state index is 4.70. The second-order valence-corrected chi connectivity index (χ2v) is 8.23. The van der Waals surface area contributed by atoms with Crippen LogP contribution in [0.3, 0.4) is 0 Å². The maximum Gasteiger partial charge on any atom is 0.214 e. The standard InChI is InChI=1S/C18H21N7S/c1-11-19-15(23-22-11)14(12-8-6-5-7-9-12)21-16-24-25-10-13(18(2,3)4)20-17(25)26-16/h5-10,14H,1-4H3,(H,21,24)(H,19,22,23). The quantitative estimate of drug-likeness (QED) is 0.574. The van der Waals surface area contributed by atoms with E-state index in [1.54, 1.807) is 0 Å². The number of anilines is 1. The van der Waals surface area contributed by atoms with E-state index in [-0.39, 0.29) is 11.5 Å². The molecule has 0 aliphatic rings. The molecule has 0 saturated carbocycles. The van der Waals surface area contributed by atoms with Gasteiger partial charge in [-0.1, -0.05) is 62.4 Å². The van der Waals surface area contributed by atoms with E-state index in [2.05, 4.69) is 58.5 Å². The van der Waals surface area contributed by atoms with Crippen LogP contribution in [-0.4, -0.2) is 29.8 Å². The van der Waals surface area contributed by atoms with E-state index in [1.165, 1.54) is 11.3 Å². The predicted octanol–water partition coefficient (Wildman–Crippen LogP) is 3.72. The van der Waals surface area contributed by atoms with Crippen molar-refractivity contribution in [1.29, 1.82) is 0 Å². The summed E-state index contributed by atoms with van der Waals surface area (Å²) >= 11 is 1.52. The van der Waals surface area contributed by atoms with Gasteiger partial charge in [0.15, 0.2) is 5.82 Å². The average Bonchev–Trinajstić information content (AvgIpc) is 3.27. The molecule has 1 unspecified atom stereocenters. The number of benzene rings is 1. The van der Waals surface area contributed by atoms with Gasteiger partial charge in [0.05, 0.1) is 11.9 Å². The first-order valence-electron chi connectivity index (χ1n) is 8.47. The van der Waals surface area contributed by atoms with Crippen LogP contribution in [0.5, 0.6) is 0 Å². The summed E-state index contributed by atoms with van der Waals surface area (Å²) in [6.45, 7) is 8.34. The summed E-state index contributed by atoms with van der Waals surface area (Å²) in [7, 11) is 0. The van der Waals surface area contributed by atoms with Crippen molar-refractivity contribution in [2.75, 3.05) is 5.32 Å². The first-order chi connectivity index (χ1) is 12.4. The van der Waals surface area contributed by atoms with Crippen molar-refractivity contribution in [3.63, 3.8) is 0 Å². The Morgan fingerprint density at radius 2 is 1.92 bits per heavy atom. The highest BCUT2D eigenvalue weighted by Gasteiger charge is 2.22. The van der Waals surface area contributed by atoms with Crippen molar-refractivity contribution in [2.45, 2.75) is 39.2 Å². The molecule has 1 aromatic carbocycles. The fourth-order valence-corrected chi connectivity index (χ4v) is 3.48. The first-order valence-corrected chi connectivity index (χ1v) is 9.29. The van der Waals surface area contributed by atoms with Gasteiger partial charge in [-0.25, -0.2) is 14.5 Å². The van der Waals surface area contributed by atoms with Gasteiger partial charge in [-0.05, 0) is 12.5 Å². The summed E-state index contributed by atoms with van der Waals surface area (Å²) in [6.07, 6.45) is 1.99. The normalized spacial score (nSPS) is 13.2. The van der Waals surface area contributed by atoms with Gasteiger partial charge in [0.1, 0.15) is 11.9 Å². The number of aromatic amines is 1. The molecule has 0 amide bonds. The summed E-state index contributed by atoms with van der Waals surface area (Å²) in [6, 6.07) is 9.94. The minimum Gasteiger partial charge on any atom is -0.346 e. The Hall–Kier alpha value is -2.74. The fraction of sp³-hybridized carbons (Fsp3) is 0.333. The Bertz CT molecular complexity index is 991. The fourth-order valence-electron chi connectivity index (χ4n) is 2.67. The number of aromatic nitrogens is 6. The highest BCUT2D eigenvalue weighted by molar-refractivity contribution is 7.20. The molecule has 3 aromatic heterocycles. The minimum absolute atomic E-state index is 0.00404. The third-order valence-corrected chi connectivity index (χ3v) is 4.94. The van der Waals surface area contributed by atoms with E-state index in [1.807, 2.05) is 35.8 Å². The van der Waals surface area contributed by atoms with Crippen LogP contribution in [0.1, 0.15) is 49.7 Å². The lowest BCUT2D eigenvalue weighted by Gasteiger charge is -2.15. The predicted molar refractivity (Wildman–Crippen MR) is 103 cm³/mol. The van der Waals surface area contributed by atoms with Gasteiger partial charge in [-0.15, -0.1) is 5.10 Å². The third-order valence-electron chi connectivity index (χ3n) is 4.09. The van der Waals surface area contributed by atoms with Crippen LogP contribution in [0.15, 0.2) is 36.5 Å². The van der Waals surface area contributed by atoms with E-state index < -0.39 is 0 Å². The average molecular weight is 367 g/mol. The second-order valence-electron chi connectivity index (χ2n) is 7.28.